The van der Waals surface area contributed by atoms with Crippen LogP contribution in [0.3, 0.4) is 0 Å². The van der Waals surface area contributed by atoms with Crippen molar-refractivity contribution >= 4 is 11.1 Å². The van der Waals surface area contributed by atoms with Gasteiger partial charge in [0.25, 0.3) is 0 Å². The Hall–Kier alpha value is 0.0700. The van der Waals surface area contributed by atoms with Crippen molar-refractivity contribution in [3.8, 4) is 0 Å². The van der Waals surface area contributed by atoms with Crippen LogP contribution in [0.25, 0.3) is 0 Å². The van der Waals surface area contributed by atoms with Crippen molar-refractivity contribution in [1.29, 1.82) is 0 Å². The first-order valence-electron chi connectivity index (χ1n) is 7.26. The lowest BCUT2D eigenvalue weighted by atomic mass is 10.1. The van der Waals surface area contributed by atoms with E-state index in [-0.39, 0.29) is 0 Å². The van der Waals surface area contributed by atoms with Crippen molar-refractivity contribution in [2.24, 2.45) is 0 Å². The van der Waals surface area contributed by atoms with Gasteiger partial charge in [-0.2, -0.15) is 9.35 Å². The van der Waals surface area contributed by atoms with E-state index >= 15 is 0 Å². The molecule has 1 atom stereocenters. The lowest BCUT2D eigenvalue weighted by Crippen LogP contribution is -2.27. The molecule has 0 aliphatic rings. The first-order valence-corrected chi connectivity index (χ1v) is 8.50. The number of rotatable bonds is 13. The van der Waals surface area contributed by atoms with Gasteiger partial charge in [-0.25, -0.2) is 4.21 Å². The van der Waals surface area contributed by atoms with E-state index in [4.69, 9.17) is 11.2 Å². The van der Waals surface area contributed by atoms with Crippen LogP contribution in [0.5, 0.6) is 0 Å². The van der Waals surface area contributed by atoms with Gasteiger partial charge >= 0.3 is 0 Å². The Balaban J connectivity index is 3.55. The van der Waals surface area contributed by atoms with Crippen LogP contribution in [0.1, 0.15) is 65.2 Å². The highest BCUT2D eigenvalue weighted by molar-refractivity contribution is 7.80. The van der Waals surface area contributed by atoms with Gasteiger partial charge in [0.1, 0.15) is 0 Å². The molecule has 0 bridgehead atoms. The number of hydrogen-bond donors (Lipinski definition) is 0. The number of unbranched alkanes of at least 4 members (excludes halogenated alkanes) is 5. The van der Waals surface area contributed by atoms with Crippen LogP contribution in [0, 0.1) is 6.92 Å². The molecule has 0 aliphatic heterocycles. The number of hydroxylamine groups is 2. The van der Waals surface area contributed by atoms with Crippen LogP contribution in [0.2, 0.25) is 0 Å². The molecule has 0 N–H and O–H groups in total. The third-order valence-electron chi connectivity index (χ3n) is 2.70. The molecule has 2 radical (unpaired) electrons. The smallest absolute Gasteiger partial charge is 0.173 e. The Morgan fingerprint density at radius 3 is 2.28 bits per heavy atom. The summed E-state index contributed by atoms with van der Waals surface area (Å²) < 4.78 is 17.1. The van der Waals surface area contributed by atoms with E-state index in [1.165, 1.54) is 25.7 Å². The quantitative estimate of drug-likeness (QED) is 0.379. The minimum atomic E-state index is -1.19. The summed E-state index contributed by atoms with van der Waals surface area (Å²) in [5, 5.41) is 1.73. The second-order valence-electron chi connectivity index (χ2n) is 4.57. The zero-order valence-corrected chi connectivity index (χ0v) is 12.8. The molecule has 108 valence electrons. The summed E-state index contributed by atoms with van der Waals surface area (Å²) in [7, 11) is 0. The standard InChI is InChI=1S/C14H29NO2S/c1-4-7-8-9-10-11-14-18(16)17-15(12-5-2)13-6-3/h2H,4-14H2,1,3H3. The van der Waals surface area contributed by atoms with Gasteiger partial charge in [-0.05, 0) is 26.2 Å². The SMILES string of the molecule is [CH]CCN(CCC)OS(=O)CCCCCCCC. The molecule has 0 aromatic heterocycles. The number of nitrogens with zero attached hydrogens (tertiary/aromatic N) is 1. The summed E-state index contributed by atoms with van der Waals surface area (Å²) >= 11 is -1.19. The molecule has 0 rings (SSSR count). The Labute approximate surface area is 116 Å². The lowest BCUT2D eigenvalue weighted by Gasteiger charge is -2.18. The van der Waals surface area contributed by atoms with Gasteiger partial charge in [0, 0.05) is 13.1 Å². The average molecular weight is 275 g/mol. The Kier molecular flexibility index (Phi) is 13.6. The fraction of sp³-hybridized carbons (Fsp3) is 0.929. The second kappa shape index (κ2) is 13.5. The second-order valence-corrected chi connectivity index (χ2v) is 5.73. The van der Waals surface area contributed by atoms with Crippen molar-refractivity contribution in [3.05, 3.63) is 6.92 Å². The molecular formula is C14H29NO2S. The van der Waals surface area contributed by atoms with E-state index in [9.17, 15) is 4.21 Å². The van der Waals surface area contributed by atoms with Crippen LogP contribution in [-0.2, 0) is 15.4 Å². The third kappa shape index (κ3) is 11.2. The maximum atomic E-state index is 11.7. The largest absolute Gasteiger partial charge is 0.228 e. The summed E-state index contributed by atoms with van der Waals surface area (Å²) in [6.45, 7) is 11.2. The van der Waals surface area contributed by atoms with Gasteiger partial charge in [-0.3, -0.25) is 0 Å². The highest BCUT2D eigenvalue weighted by atomic mass is 32.2. The summed E-state index contributed by atoms with van der Waals surface area (Å²) in [4.78, 5) is 0. The molecule has 1 unspecified atom stereocenters. The molecule has 3 nitrogen and oxygen atoms in total. The summed E-state index contributed by atoms with van der Waals surface area (Å²) in [5.74, 6) is 0.636. The highest BCUT2D eigenvalue weighted by Gasteiger charge is 2.08. The summed E-state index contributed by atoms with van der Waals surface area (Å²) in [5.41, 5.74) is 0. The maximum Gasteiger partial charge on any atom is 0.173 e. The minimum Gasteiger partial charge on any atom is -0.228 e. The fourth-order valence-electron chi connectivity index (χ4n) is 1.73. The molecule has 0 aliphatic carbocycles. The topological polar surface area (TPSA) is 29.5 Å². The van der Waals surface area contributed by atoms with Crippen molar-refractivity contribution in [3.63, 3.8) is 0 Å². The molecule has 0 amide bonds. The molecule has 0 fully saturated rings. The summed E-state index contributed by atoms with van der Waals surface area (Å²) in [6.07, 6.45) is 8.76. The first-order chi connectivity index (χ1) is 8.74. The minimum absolute atomic E-state index is 0.536. The van der Waals surface area contributed by atoms with Crippen LogP contribution in [-0.4, -0.2) is 28.1 Å². The Bertz CT molecular complexity index is 194. The van der Waals surface area contributed by atoms with E-state index in [1.807, 2.05) is 0 Å². The van der Waals surface area contributed by atoms with E-state index in [1.54, 1.807) is 5.06 Å². The van der Waals surface area contributed by atoms with Crippen LogP contribution in [0.4, 0.5) is 0 Å². The monoisotopic (exact) mass is 275 g/mol. The van der Waals surface area contributed by atoms with Crippen LogP contribution in [0.15, 0.2) is 0 Å². The average Bonchev–Trinajstić information content (AvgIpc) is 2.34. The van der Waals surface area contributed by atoms with Crippen molar-refractivity contribution in [1.82, 2.24) is 5.06 Å². The highest BCUT2D eigenvalue weighted by Crippen LogP contribution is 2.07. The van der Waals surface area contributed by atoms with E-state index in [0.29, 0.717) is 18.7 Å². The number of hydrogen-bond acceptors (Lipinski definition) is 3. The van der Waals surface area contributed by atoms with Crippen molar-refractivity contribution in [2.45, 2.75) is 65.2 Å². The first kappa shape index (κ1) is 18.1. The van der Waals surface area contributed by atoms with E-state index in [2.05, 4.69) is 13.8 Å². The third-order valence-corrected chi connectivity index (χ3v) is 3.70. The van der Waals surface area contributed by atoms with Crippen LogP contribution >= 0.6 is 0 Å². The van der Waals surface area contributed by atoms with Crippen molar-refractivity contribution < 1.29 is 8.49 Å². The van der Waals surface area contributed by atoms with Crippen molar-refractivity contribution in [2.75, 3.05) is 18.8 Å². The molecule has 18 heavy (non-hydrogen) atoms. The predicted octanol–water partition coefficient (Wildman–Crippen LogP) is 3.76. The maximum absolute atomic E-state index is 11.7. The van der Waals surface area contributed by atoms with E-state index in [0.717, 1.165) is 25.8 Å². The Morgan fingerprint density at radius 2 is 1.67 bits per heavy atom. The van der Waals surface area contributed by atoms with Gasteiger partial charge in [-0.15, -0.1) is 0 Å². The molecule has 0 aromatic carbocycles. The van der Waals surface area contributed by atoms with E-state index < -0.39 is 11.1 Å². The Morgan fingerprint density at radius 1 is 1.00 bits per heavy atom. The molecule has 0 heterocycles. The normalized spacial score (nSPS) is 13.1. The molecule has 0 spiro atoms. The van der Waals surface area contributed by atoms with Gasteiger partial charge < -0.3 is 0 Å². The predicted molar refractivity (Wildman–Crippen MR) is 78.3 cm³/mol. The zero-order valence-electron chi connectivity index (χ0n) is 12.0. The van der Waals surface area contributed by atoms with Gasteiger partial charge in [0.2, 0.25) is 0 Å². The molecule has 0 saturated heterocycles. The fourth-order valence-corrected chi connectivity index (χ4v) is 2.63. The summed E-state index contributed by atoms with van der Waals surface area (Å²) in [6, 6.07) is 0. The van der Waals surface area contributed by atoms with Gasteiger partial charge in [0.05, 0.1) is 5.75 Å². The molecular weight excluding hydrogens is 246 g/mol. The molecule has 0 saturated carbocycles. The van der Waals surface area contributed by atoms with Crippen LogP contribution < -0.4 is 0 Å². The van der Waals surface area contributed by atoms with Gasteiger partial charge in [0.15, 0.2) is 11.1 Å². The molecule has 4 heteroatoms. The lowest BCUT2D eigenvalue weighted by molar-refractivity contribution is -0.0430. The zero-order chi connectivity index (χ0) is 13.6. The molecule has 0 aromatic rings. The van der Waals surface area contributed by atoms with Gasteiger partial charge in [-0.1, -0.05) is 46.0 Å².